The van der Waals surface area contributed by atoms with Crippen LogP contribution in [0.3, 0.4) is 0 Å². The molecule has 2 aliphatic rings. The Kier molecular flexibility index (Phi) is 10.3. The van der Waals surface area contributed by atoms with Crippen molar-refractivity contribution in [2.24, 2.45) is 10.6 Å². The summed E-state index contributed by atoms with van der Waals surface area (Å²) >= 11 is 2.36. The van der Waals surface area contributed by atoms with E-state index in [1.807, 2.05) is 26.8 Å². The Morgan fingerprint density at radius 1 is 1.30 bits per heavy atom. The fourth-order valence-corrected chi connectivity index (χ4v) is 5.96. The van der Waals surface area contributed by atoms with Crippen LogP contribution in [0.2, 0.25) is 0 Å². The summed E-state index contributed by atoms with van der Waals surface area (Å²) in [4.78, 5) is 61.0. The lowest BCUT2D eigenvalue weighted by Gasteiger charge is -2.49. The number of pyridine rings is 1. The third-order valence-corrected chi connectivity index (χ3v) is 8.30. The third kappa shape index (κ3) is 7.93. The van der Waals surface area contributed by atoms with Gasteiger partial charge in [0.2, 0.25) is 6.29 Å². The molecular formula is C28H32N6O8S2. The predicted octanol–water partition coefficient (Wildman–Crippen LogP) is 3.14. The maximum Gasteiger partial charge on any atom is 0.511 e. The Hall–Kier alpha value is -4.44. The molecule has 4 heterocycles. The first-order valence-corrected chi connectivity index (χ1v) is 15.4. The maximum atomic E-state index is 13.4. The summed E-state index contributed by atoms with van der Waals surface area (Å²) in [5.41, 5.74) is 6.35. The van der Waals surface area contributed by atoms with Crippen molar-refractivity contribution in [2.45, 2.75) is 51.8 Å². The maximum absolute atomic E-state index is 13.4. The average molecular weight is 645 g/mol. The highest BCUT2D eigenvalue weighted by Crippen LogP contribution is 2.41. The molecule has 0 aromatic carbocycles. The number of rotatable bonds is 10. The SMILES string of the molecule is CC(OC(=O)OCCC(C)(C)C)OC(=O)C1=C(/C=C\c2cccnc2)CS[C@@H]2[C@H](NC(=O)C(=NO)c3csc(N)n3)C(=O)N12. The lowest BCUT2D eigenvalue weighted by molar-refractivity contribution is -0.169. The molecule has 2 aromatic heterocycles. The van der Waals surface area contributed by atoms with Crippen molar-refractivity contribution in [3.63, 3.8) is 0 Å². The monoisotopic (exact) mass is 644 g/mol. The number of allylic oxidation sites excluding steroid dienone is 1. The number of thioether (sulfide) groups is 1. The number of nitrogens with one attached hydrogen (secondary N) is 1. The van der Waals surface area contributed by atoms with Crippen LogP contribution < -0.4 is 11.1 Å². The predicted molar refractivity (Wildman–Crippen MR) is 162 cm³/mol. The molecule has 4 rings (SSSR count). The van der Waals surface area contributed by atoms with Crippen LogP contribution in [0, 0.1) is 5.41 Å². The number of thiazole rings is 1. The van der Waals surface area contributed by atoms with Gasteiger partial charge in [0.1, 0.15) is 22.8 Å². The highest BCUT2D eigenvalue weighted by atomic mass is 32.2. The first-order chi connectivity index (χ1) is 20.9. The number of nitrogens with zero attached hydrogens (tertiary/aromatic N) is 4. The molecule has 2 amide bonds. The van der Waals surface area contributed by atoms with Gasteiger partial charge in [0.05, 0.1) is 6.61 Å². The first kappa shape index (κ1) is 32.5. The van der Waals surface area contributed by atoms with Crippen molar-refractivity contribution in [1.82, 2.24) is 20.2 Å². The van der Waals surface area contributed by atoms with E-state index in [0.29, 0.717) is 12.0 Å². The van der Waals surface area contributed by atoms with Crippen LogP contribution in [-0.4, -0.2) is 79.8 Å². The van der Waals surface area contributed by atoms with Crippen LogP contribution in [0.15, 0.2) is 52.4 Å². The normalized spacial score (nSPS) is 19.2. The van der Waals surface area contributed by atoms with Crippen molar-refractivity contribution in [2.75, 3.05) is 18.1 Å². The van der Waals surface area contributed by atoms with E-state index >= 15 is 0 Å². The number of hydrogen-bond donors (Lipinski definition) is 3. The summed E-state index contributed by atoms with van der Waals surface area (Å²) in [6, 6.07) is 2.53. The molecule has 234 valence electrons. The van der Waals surface area contributed by atoms with Crippen molar-refractivity contribution >= 4 is 64.0 Å². The van der Waals surface area contributed by atoms with Gasteiger partial charge in [-0.2, -0.15) is 0 Å². The molecule has 0 spiro atoms. The zero-order valence-electron chi connectivity index (χ0n) is 24.4. The first-order valence-electron chi connectivity index (χ1n) is 13.4. The molecule has 4 N–H and O–H groups in total. The summed E-state index contributed by atoms with van der Waals surface area (Å²) in [5, 5.41) is 15.9. The molecular weight excluding hydrogens is 612 g/mol. The Morgan fingerprint density at radius 2 is 2.07 bits per heavy atom. The van der Waals surface area contributed by atoms with Gasteiger partial charge in [0, 0.05) is 30.5 Å². The van der Waals surface area contributed by atoms with Crippen LogP contribution >= 0.6 is 23.1 Å². The number of nitrogens with two attached hydrogens (primary N) is 1. The number of fused-ring (bicyclic) bond motifs is 1. The van der Waals surface area contributed by atoms with Gasteiger partial charge in [0.25, 0.3) is 11.8 Å². The zero-order valence-corrected chi connectivity index (χ0v) is 26.0. The number of oxime groups is 1. The molecule has 0 aliphatic carbocycles. The van der Waals surface area contributed by atoms with E-state index in [9.17, 15) is 24.4 Å². The molecule has 2 aromatic rings. The van der Waals surface area contributed by atoms with E-state index in [4.69, 9.17) is 19.9 Å². The number of hydrogen-bond acceptors (Lipinski definition) is 14. The molecule has 0 radical (unpaired) electrons. The number of β-lactam (4-membered cyclic amide) rings is 1. The molecule has 3 atom stereocenters. The Balaban J connectivity index is 1.50. The van der Waals surface area contributed by atoms with Crippen LogP contribution in [-0.2, 0) is 28.6 Å². The van der Waals surface area contributed by atoms with E-state index in [0.717, 1.165) is 16.9 Å². The summed E-state index contributed by atoms with van der Waals surface area (Å²) in [7, 11) is 0. The summed E-state index contributed by atoms with van der Waals surface area (Å²) in [5.74, 6) is -2.08. The topological polar surface area (TPSA) is 196 Å². The molecule has 44 heavy (non-hydrogen) atoms. The Morgan fingerprint density at radius 3 is 2.70 bits per heavy atom. The number of esters is 1. The fraction of sp³-hybridized carbons (Fsp3) is 0.393. The van der Waals surface area contributed by atoms with E-state index in [1.54, 1.807) is 30.6 Å². The fourth-order valence-electron chi connectivity index (χ4n) is 4.09. The molecule has 0 saturated carbocycles. The van der Waals surface area contributed by atoms with Gasteiger partial charge in [-0.05, 0) is 29.0 Å². The van der Waals surface area contributed by atoms with E-state index < -0.39 is 47.4 Å². The summed E-state index contributed by atoms with van der Waals surface area (Å²) < 4.78 is 15.6. The summed E-state index contributed by atoms with van der Waals surface area (Å²) in [6.45, 7) is 7.48. The molecule has 1 unspecified atom stereocenters. The van der Waals surface area contributed by atoms with E-state index in [1.165, 1.54) is 29.0 Å². The lowest BCUT2D eigenvalue weighted by Crippen LogP contribution is -2.71. The molecule has 2 aliphatic heterocycles. The minimum atomic E-state index is -1.32. The number of carbonyl (C=O) groups excluding carboxylic acids is 4. The summed E-state index contributed by atoms with van der Waals surface area (Å²) in [6.07, 6.45) is 4.94. The number of anilines is 1. The van der Waals surface area contributed by atoms with E-state index in [2.05, 4.69) is 20.4 Å². The van der Waals surface area contributed by atoms with Crippen molar-refractivity contribution in [1.29, 1.82) is 0 Å². The van der Waals surface area contributed by atoms with Crippen molar-refractivity contribution in [3.8, 4) is 0 Å². The molecule has 1 fully saturated rings. The Labute approximate surface area is 261 Å². The lowest BCUT2D eigenvalue weighted by atomic mass is 9.93. The number of nitrogen functional groups attached to an aromatic ring is 1. The van der Waals surface area contributed by atoms with Crippen molar-refractivity contribution in [3.05, 3.63) is 58.5 Å². The van der Waals surface area contributed by atoms with Crippen LogP contribution in [0.4, 0.5) is 9.93 Å². The highest BCUT2D eigenvalue weighted by Gasteiger charge is 2.54. The van der Waals surface area contributed by atoms with Gasteiger partial charge >= 0.3 is 12.1 Å². The quantitative estimate of drug-likeness (QED) is 0.0855. The highest BCUT2D eigenvalue weighted by molar-refractivity contribution is 8.00. The third-order valence-electron chi connectivity index (χ3n) is 6.33. The van der Waals surface area contributed by atoms with Crippen molar-refractivity contribution < 1.29 is 38.6 Å². The number of aromatic nitrogens is 2. The smallest absolute Gasteiger partial charge is 0.434 e. The Bertz CT molecular complexity index is 1500. The zero-order chi connectivity index (χ0) is 32.0. The van der Waals surface area contributed by atoms with Gasteiger partial charge < -0.3 is 30.5 Å². The van der Waals surface area contributed by atoms with Gasteiger partial charge in [-0.1, -0.05) is 44.1 Å². The number of carbonyl (C=O) groups is 4. The van der Waals surface area contributed by atoms with Crippen LogP contribution in [0.25, 0.3) is 6.08 Å². The molecule has 1 saturated heterocycles. The van der Waals surface area contributed by atoms with Crippen LogP contribution in [0.5, 0.6) is 0 Å². The minimum Gasteiger partial charge on any atom is -0.434 e. The van der Waals surface area contributed by atoms with Gasteiger partial charge in [0.15, 0.2) is 10.8 Å². The van der Waals surface area contributed by atoms with Crippen LogP contribution in [0.1, 0.15) is 45.4 Å². The molecule has 0 bridgehead atoms. The molecule has 16 heteroatoms. The molecule has 14 nitrogen and oxygen atoms in total. The average Bonchev–Trinajstić information content (AvgIpc) is 3.39. The van der Waals surface area contributed by atoms with E-state index in [-0.39, 0.29) is 34.3 Å². The minimum absolute atomic E-state index is 0.0466. The largest absolute Gasteiger partial charge is 0.511 e. The second-order valence-corrected chi connectivity index (χ2v) is 12.9. The van der Waals surface area contributed by atoms with Gasteiger partial charge in [-0.15, -0.1) is 23.1 Å². The van der Waals surface area contributed by atoms with Gasteiger partial charge in [-0.25, -0.2) is 14.6 Å². The number of ether oxygens (including phenoxy) is 3. The number of amides is 2. The second-order valence-electron chi connectivity index (χ2n) is 10.9. The second kappa shape index (κ2) is 13.9. The standard InChI is InChI=1S/C28H32N6O8S2/c1-15(42-27(38)40-11-9-28(2,3)4)41-25(37)21-17(8-7-16-6-5-10-30-12-16)13-43-24-20(23(36)34(21)24)32-22(35)19(33-39)18-14-44-26(29)31-18/h5-8,10,12,14-15,20,24,39H,9,11,13H2,1-4H3,(H2,29,31)(H,32,35)/b8-7-,33-19?/t15?,20-,24-/m1/s1. The van der Waals surface area contributed by atoms with Gasteiger partial charge in [-0.3, -0.25) is 19.5 Å².